The van der Waals surface area contributed by atoms with Gasteiger partial charge in [-0.25, -0.2) is 4.79 Å². The van der Waals surface area contributed by atoms with Crippen molar-refractivity contribution in [2.24, 2.45) is 0 Å². The van der Waals surface area contributed by atoms with Gasteiger partial charge < -0.3 is 15.2 Å². The highest BCUT2D eigenvalue weighted by atomic mass is 19.4. The van der Waals surface area contributed by atoms with Crippen LogP contribution in [-0.4, -0.2) is 30.3 Å². The predicted molar refractivity (Wildman–Crippen MR) is 65.8 cm³/mol. The number of aromatic carboxylic acids is 1. The van der Waals surface area contributed by atoms with E-state index in [1.807, 2.05) is 0 Å². The molecular weight excluding hydrogens is 275 g/mol. The normalized spacial score (nSPS) is 22.2. The fourth-order valence-corrected chi connectivity index (χ4v) is 2.12. The summed E-state index contributed by atoms with van der Waals surface area (Å²) in [6.07, 6.45) is -3.02. The van der Waals surface area contributed by atoms with Crippen LogP contribution in [0.1, 0.15) is 28.8 Å². The first-order chi connectivity index (χ1) is 9.31. The Kier molecular flexibility index (Phi) is 3.89. The Morgan fingerprint density at radius 2 is 2.05 bits per heavy atom. The first-order valence-corrected chi connectivity index (χ1v) is 6.05. The standard InChI is InChI=1S/C13H14F3NO3/c1-20-9-5-8(6-9)17-11-3-2-7(13(14,15)16)4-10(11)12(18)19/h2-4,8-9,17H,5-6H2,1H3,(H,18,19). The van der Waals surface area contributed by atoms with Gasteiger partial charge in [-0.05, 0) is 31.0 Å². The van der Waals surface area contributed by atoms with Crippen molar-refractivity contribution < 1.29 is 27.8 Å². The van der Waals surface area contributed by atoms with Crippen molar-refractivity contribution in [2.75, 3.05) is 12.4 Å². The van der Waals surface area contributed by atoms with Gasteiger partial charge >= 0.3 is 12.1 Å². The maximum Gasteiger partial charge on any atom is 0.416 e. The van der Waals surface area contributed by atoms with Crippen LogP contribution in [0.5, 0.6) is 0 Å². The van der Waals surface area contributed by atoms with Crippen molar-refractivity contribution in [3.63, 3.8) is 0 Å². The highest BCUT2D eigenvalue weighted by Gasteiger charge is 2.33. The Morgan fingerprint density at radius 1 is 1.40 bits per heavy atom. The summed E-state index contributed by atoms with van der Waals surface area (Å²) in [6, 6.07) is 2.71. The Labute approximate surface area is 113 Å². The Hall–Kier alpha value is -1.76. The molecule has 1 saturated carbocycles. The van der Waals surface area contributed by atoms with Crippen LogP contribution in [0.15, 0.2) is 18.2 Å². The first-order valence-electron chi connectivity index (χ1n) is 6.05. The van der Waals surface area contributed by atoms with Gasteiger partial charge in [-0.1, -0.05) is 0 Å². The van der Waals surface area contributed by atoms with Crippen LogP contribution in [-0.2, 0) is 10.9 Å². The quantitative estimate of drug-likeness (QED) is 0.894. The van der Waals surface area contributed by atoms with Gasteiger partial charge in [0, 0.05) is 18.8 Å². The molecule has 1 aromatic carbocycles. The number of alkyl halides is 3. The second-order valence-electron chi connectivity index (χ2n) is 4.73. The monoisotopic (exact) mass is 289 g/mol. The number of carboxylic acid groups (broad SMARTS) is 1. The van der Waals surface area contributed by atoms with E-state index in [-0.39, 0.29) is 23.4 Å². The zero-order valence-corrected chi connectivity index (χ0v) is 10.7. The summed E-state index contributed by atoms with van der Waals surface area (Å²) in [5, 5.41) is 12.0. The number of methoxy groups -OCH3 is 1. The number of ether oxygens (including phenoxy) is 1. The molecule has 0 amide bonds. The smallest absolute Gasteiger partial charge is 0.416 e. The number of carboxylic acids is 1. The predicted octanol–water partition coefficient (Wildman–Crippen LogP) is 2.99. The van der Waals surface area contributed by atoms with E-state index in [0.717, 1.165) is 12.1 Å². The molecule has 1 aliphatic rings. The van der Waals surface area contributed by atoms with Crippen molar-refractivity contribution in [1.29, 1.82) is 0 Å². The molecule has 2 rings (SSSR count). The third kappa shape index (κ3) is 3.04. The van der Waals surface area contributed by atoms with E-state index in [1.54, 1.807) is 7.11 Å². The minimum atomic E-state index is -4.56. The second kappa shape index (κ2) is 5.32. The first kappa shape index (κ1) is 14.6. The summed E-state index contributed by atoms with van der Waals surface area (Å²) >= 11 is 0. The van der Waals surface area contributed by atoms with Gasteiger partial charge in [0.1, 0.15) is 0 Å². The van der Waals surface area contributed by atoms with Crippen LogP contribution in [0, 0.1) is 0 Å². The van der Waals surface area contributed by atoms with E-state index in [2.05, 4.69) is 5.32 Å². The number of benzene rings is 1. The van der Waals surface area contributed by atoms with E-state index < -0.39 is 17.7 Å². The maximum absolute atomic E-state index is 12.6. The van der Waals surface area contributed by atoms with Gasteiger partial charge in [-0.15, -0.1) is 0 Å². The molecule has 0 spiro atoms. The third-order valence-corrected chi connectivity index (χ3v) is 3.37. The highest BCUT2D eigenvalue weighted by Crippen LogP contribution is 2.33. The molecule has 0 heterocycles. The van der Waals surface area contributed by atoms with Crippen LogP contribution in [0.2, 0.25) is 0 Å². The molecule has 0 saturated heterocycles. The summed E-state index contributed by atoms with van der Waals surface area (Å²) in [5.74, 6) is -1.39. The molecule has 1 aromatic rings. The highest BCUT2D eigenvalue weighted by molar-refractivity contribution is 5.94. The van der Waals surface area contributed by atoms with Gasteiger partial charge in [-0.2, -0.15) is 13.2 Å². The largest absolute Gasteiger partial charge is 0.478 e. The van der Waals surface area contributed by atoms with E-state index >= 15 is 0 Å². The number of anilines is 1. The number of rotatable bonds is 4. The zero-order chi connectivity index (χ0) is 14.9. The molecule has 20 heavy (non-hydrogen) atoms. The molecule has 0 aliphatic heterocycles. The summed E-state index contributed by atoms with van der Waals surface area (Å²) in [7, 11) is 1.59. The lowest BCUT2D eigenvalue weighted by molar-refractivity contribution is -0.137. The molecule has 4 nitrogen and oxygen atoms in total. The van der Waals surface area contributed by atoms with Gasteiger partial charge in [-0.3, -0.25) is 0 Å². The molecule has 1 aliphatic carbocycles. The van der Waals surface area contributed by atoms with Gasteiger partial charge in [0.25, 0.3) is 0 Å². The fraction of sp³-hybridized carbons (Fsp3) is 0.462. The van der Waals surface area contributed by atoms with E-state index in [9.17, 15) is 18.0 Å². The summed E-state index contributed by atoms with van der Waals surface area (Å²) in [6.45, 7) is 0. The number of hydrogen-bond acceptors (Lipinski definition) is 3. The lowest BCUT2D eigenvalue weighted by Crippen LogP contribution is -2.40. The van der Waals surface area contributed by atoms with E-state index in [4.69, 9.17) is 9.84 Å². The number of carbonyl (C=O) groups is 1. The van der Waals surface area contributed by atoms with Crippen molar-refractivity contribution in [1.82, 2.24) is 0 Å². The van der Waals surface area contributed by atoms with Crippen LogP contribution in [0.3, 0.4) is 0 Å². The summed E-state index contributed by atoms with van der Waals surface area (Å²) < 4.78 is 42.8. The lowest BCUT2D eigenvalue weighted by Gasteiger charge is -2.35. The summed E-state index contributed by atoms with van der Waals surface area (Å²) in [4.78, 5) is 11.1. The van der Waals surface area contributed by atoms with Gasteiger partial charge in [0.2, 0.25) is 0 Å². The number of hydrogen-bond donors (Lipinski definition) is 2. The maximum atomic E-state index is 12.6. The minimum absolute atomic E-state index is 0.0230. The average Bonchev–Trinajstić information content (AvgIpc) is 2.31. The molecule has 2 N–H and O–H groups in total. The fourth-order valence-electron chi connectivity index (χ4n) is 2.12. The van der Waals surface area contributed by atoms with Crippen molar-refractivity contribution in [2.45, 2.75) is 31.2 Å². The molecule has 0 bridgehead atoms. The zero-order valence-electron chi connectivity index (χ0n) is 10.7. The van der Waals surface area contributed by atoms with E-state index in [1.165, 1.54) is 0 Å². The molecular formula is C13H14F3NO3. The second-order valence-corrected chi connectivity index (χ2v) is 4.73. The van der Waals surface area contributed by atoms with Crippen molar-refractivity contribution >= 4 is 11.7 Å². The number of halogens is 3. The lowest BCUT2D eigenvalue weighted by atomic mass is 9.89. The average molecular weight is 289 g/mol. The van der Waals surface area contributed by atoms with Crippen LogP contribution >= 0.6 is 0 Å². The van der Waals surface area contributed by atoms with E-state index in [0.29, 0.717) is 18.9 Å². The Morgan fingerprint density at radius 3 is 2.55 bits per heavy atom. The Bertz CT molecular complexity index is 510. The molecule has 0 atom stereocenters. The summed E-state index contributed by atoms with van der Waals surface area (Å²) in [5.41, 5.74) is -1.14. The molecule has 0 aromatic heterocycles. The van der Waals surface area contributed by atoms with Crippen molar-refractivity contribution in [3.8, 4) is 0 Å². The van der Waals surface area contributed by atoms with Gasteiger partial charge in [0.15, 0.2) is 0 Å². The topological polar surface area (TPSA) is 58.6 Å². The Balaban J connectivity index is 2.18. The SMILES string of the molecule is COC1CC(Nc2ccc(C(F)(F)F)cc2C(=O)O)C1. The minimum Gasteiger partial charge on any atom is -0.478 e. The molecule has 0 unspecified atom stereocenters. The number of nitrogens with one attached hydrogen (secondary N) is 1. The third-order valence-electron chi connectivity index (χ3n) is 3.37. The van der Waals surface area contributed by atoms with Crippen LogP contribution in [0.4, 0.5) is 18.9 Å². The molecule has 0 radical (unpaired) electrons. The molecule has 1 fully saturated rings. The molecule has 7 heteroatoms. The van der Waals surface area contributed by atoms with Gasteiger partial charge in [0.05, 0.1) is 17.2 Å². The molecule has 110 valence electrons. The van der Waals surface area contributed by atoms with Crippen LogP contribution in [0.25, 0.3) is 0 Å². The van der Waals surface area contributed by atoms with Crippen LogP contribution < -0.4 is 5.32 Å². The van der Waals surface area contributed by atoms with Crippen molar-refractivity contribution in [3.05, 3.63) is 29.3 Å².